The van der Waals surface area contributed by atoms with Crippen molar-refractivity contribution in [1.82, 2.24) is 4.98 Å². The lowest BCUT2D eigenvalue weighted by Gasteiger charge is -2.32. The molecule has 1 fully saturated rings. The number of rotatable bonds is 4. The van der Waals surface area contributed by atoms with Gasteiger partial charge in [0.25, 0.3) is 5.69 Å². The number of nitro groups is 1. The zero-order chi connectivity index (χ0) is 12.4. The van der Waals surface area contributed by atoms with Crippen LogP contribution in [0.2, 0.25) is 0 Å². The first-order valence-corrected chi connectivity index (χ1v) is 5.95. The summed E-state index contributed by atoms with van der Waals surface area (Å²) in [7, 11) is 0. The number of anilines is 1. The fraction of sp³-hybridized carbons (Fsp3) is 0.583. The second kappa shape index (κ2) is 4.69. The highest BCUT2D eigenvalue weighted by Crippen LogP contribution is 2.31. The second-order valence-corrected chi connectivity index (χ2v) is 4.74. The van der Waals surface area contributed by atoms with Crippen LogP contribution in [0.15, 0.2) is 12.3 Å². The van der Waals surface area contributed by atoms with E-state index < -0.39 is 4.92 Å². The SMILES string of the molecule is Cc1cc(NC(C)C2CCC2)ncc1[N+](=O)[O-]. The van der Waals surface area contributed by atoms with Crippen LogP contribution in [0.25, 0.3) is 0 Å². The molecule has 1 saturated carbocycles. The van der Waals surface area contributed by atoms with E-state index in [-0.39, 0.29) is 5.69 Å². The summed E-state index contributed by atoms with van der Waals surface area (Å²) in [5, 5.41) is 14.0. The molecule has 0 saturated heterocycles. The molecular formula is C12H17N3O2. The van der Waals surface area contributed by atoms with Crippen LogP contribution >= 0.6 is 0 Å². The van der Waals surface area contributed by atoms with Gasteiger partial charge in [-0.15, -0.1) is 0 Å². The van der Waals surface area contributed by atoms with Crippen LogP contribution in [0.3, 0.4) is 0 Å². The molecule has 92 valence electrons. The number of aromatic nitrogens is 1. The van der Waals surface area contributed by atoms with Crippen molar-refractivity contribution >= 4 is 11.5 Å². The largest absolute Gasteiger partial charge is 0.367 e. The van der Waals surface area contributed by atoms with Crippen molar-refractivity contribution in [3.8, 4) is 0 Å². The van der Waals surface area contributed by atoms with Crippen LogP contribution in [0, 0.1) is 23.0 Å². The van der Waals surface area contributed by atoms with E-state index in [1.165, 1.54) is 25.5 Å². The van der Waals surface area contributed by atoms with Gasteiger partial charge < -0.3 is 5.32 Å². The summed E-state index contributed by atoms with van der Waals surface area (Å²) in [5.74, 6) is 1.44. The quantitative estimate of drug-likeness (QED) is 0.643. The summed E-state index contributed by atoms with van der Waals surface area (Å²) in [6, 6.07) is 2.13. The predicted molar refractivity (Wildman–Crippen MR) is 66.1 cm³/mol. The summed E-state index contributed by atoms with van der Waals surface area (Å²) < 4.78 is 0. The van der Waals surface area contributed by atoms with Crippen molar-refractivity contribution in [2.24, 2.45) is 5.92 Å². The third-order valence-corrected chi connectivity index (χ3v) is 3.51. The van der Waals surface area contributed by atoms with E-state index in [1.54, 1.807) is 13.0 Å². The average Bonchev–Trinajstić information content (AvgIpc) is 2.13. The summed E-state index contributed by atoms with van der Waals surface area (Å²) in [6.45, 7) is 3.88. The maximum absolute atomic E-state index is 10.7. The van der Waals surface area contributed by atoms with Crippen LogP contribution in [-0.2, 0) is 0 Å². The number of aryl methyl sites for hydroxylation is 1. The topological polar surface area (TPSA) is 68.1 Å². The van der Waals surface area contributed by atoms with Crippen LogP contribution in [0.4, 0.5) is 11.5 Å². The van der Waals surface area contributed by atoms with Gasteiger partial charge in [-0.25, -0.2) is 4.98 Å². The van der Waals surface area contributed by atoms with E-state index >= 15 is 0 Å². The highest BCUT2D eigenvalue weighted by molar-refractivity contribution is 5.47. The van der Waals surface area contributed by atoms with Gasteiger partial charge in [-0.1, -0.05) is 6.42 Å². The predicted octanol–water partition coefficient (Wildman–Crippen LogP) is 2.90. The molecule has 1 N–H and O–H groups in total. The molecule has 1 aliphatic rings. The van der Waals surface area contributed by atoms with Crippen molar-refractivity contribution in [2.75, 3.05) is 5.32 Å². The molecule has 1 heterocycles. The number of pyridine rings is 1. The van der Waals surface area contributed by atoms with E-state index in [0.717, 1.165) is 5.82 Å². The Morgan fingerprint density at radius 2 is 2.29 bits per heavy atom. The van der Waals surface area contributed by atoms with Gasteiger partial charge in [-0.3, -0.25) is 10.1 Å². The molecule has 0 amide bonds. The summed E-state index contributed by atoms with van der Waals surface area (Å²) >= 11 is 0. The van der Waals surface area contributed by atoms with Crippen molar-refractivity contribution in [3.05, 3.63) is 27.9 Å². The van der Waals surface area contributed by atoms with Crippen LogP contribution in [-0.4, -0.2) is 15.9 Å². The maximum Gasteiger partial charge on any atom is 0.290 e. The number of nitrogens with zero attached hydrogens (tertiary/aromatic N) is 2. The molecule has 5 nitrogen and oxygen atoms in total. The Balaban J connectivity index is 2.06. The summed E-state index contributed by atoms with van der Waals surface area (Å²) in [6.07, 6.45) is 5.16. The van der Waals surface area contributed by atoms with Crippen molar-refractivity contribution in [3.63, 3.8) is 0 Å². The third-order valence-electron chi connectivity index (χ3n) is 3.51. The standard InChI is InChI=1S/C12H17N3O2/c1-8-6-12(13-7-11(8)15(16)17)14-9(2)10-4-3-5-10/h6-7,9-10H,3-5H2,1-2H3,(H,13,14). The van der Waals surface area contributed by atoms with Gasteiger partial charge in [0.05, 0.1) is 4.92 Å². The van der Waals surface area contributed by atoms with Gasteiger partial charge in [-0.2, -0.15) is 0 Å². The Kier molecular flexibility index (Phi) is 3.26. The van der Waals surface area contributed by atoms with Gasteiger partial charge in [-0.05, 0) is 38.7 Å². The van der Waals surface area contributed by atoms with Gasteiger partial charge in [0.2, 0.25) is 0 Å². The molecule has 1 atom stereocenters. The molecule has 1 aliphatic carbocycles. The lowest BCUT2D eigenvalue weighted by molar-refractivity contribution is -0.385. The van der Waals surface area contributed by atoms with E-state index in [9.17, 15) is 10.1 Å². The molecule has 0 aromatic carbocycles. The Labute approximate surface area is 100 Å². The minimum absolute atomic E-state index is 0.0758. The molecule has 5 heteroatoms. The van der Waals surface area contributed by atoms with Crippen LogP contribution in [0.1, 0.15) is 31.7 Å². The number of hydrogen-bond donors (Lipinski definition) is 1. The van der Waals surface area contributed by atoms with Crippen LogP contribution < -0.4 is 5.32 Å². The molecular weight excluding hydrogens is 218 g/mol. The first kappa shape index (κ1) is 11.8. The Morgan fingerprint density at radius 3 is 2.76 bits per heavy atom. The van der Waals surface area contributed by atoms with Crippen molar-refractivity contribution in [1.29, 1.82) is 0 Å². The molecule has 1 aromatic rings. The zero-order valence-electron chi connectivity index (χ0n) is 10.1. The Bertz CT molecular complexity index is 430. The van der Waals surface area contributed by atoms with Gasteiger partial charge in [0.1, 0.15) is 12.0 Å². The smallest absolute Gasteiger partial charge is 0.290 e. The van der Waals surface area contributed by atoms with E-state index in [4.69, 9.17) is 0 Å². The van der Waals surface area contributed by atoms with E-state index in [0.29, 0.717) is 17.5 Å². The van der Waals surface area contributed by atoms with Gasteiger partial charge in [0.15, 0.2) is 0 Å². The minimum Gasteiger partial charge on any atom is -0.367 e. The fourth-order valence-corrected chi connectivity index (χ4v) is 2.11. The fourth-order valence-electron chi connectivity index (χ4n) is 2.11. The van der Waals surface area contributed by atoms with Crippen molar-refractivity contribution in [2.45, 2.75) is 39.2 Å². The molecule has 1 unspecified atom stereocenters. The normalized spacial score (nSPS) is 17.3. The lowest BCUT2D eigenvalue weighted by Crippen LogP contribution is -2.31. The highest BCUT2D eigenvalue weighted by atomic mass is 16.6. The lowest BCUT2D eigenvalue weighted by atomic mass is 9.80. The summed E-state index contributed by atoms with van der Waals surface area (Å²) in [4.78, 5) is 14.4. The second-order valence-electron chi connectivity index (χ2n) is 4.74. The zero-order valence-corrected chi connectivity index (χ0v) is 10.1. The molecule has 0 aliphatic heterocycles. The molecule has 17 heavy (non-hydrogen) atoms. The molecule has 0 radical (unpaired) electrons. The van der Waals surface area contributed by atoms with Gasteiger partial charge in [0, 0.05) is 11.6 Å². The highest BCUT2D eigenvalue weighted by Gasteiger charge is 2.24. The Morgan fingerprint density at radius 1 is 1.59 bits per heavy atom. The first-order chi connectivity index (χ1) is 8.08. The maximum atomic E-state index is 10.7. The molecule has 0 spiro atoms. The molecule has 1 aromatic heterocycles. The monoisotopic (exact) mass is 235 g/mol. The van der Waals surface area contributed by atoms with Crippen molar-refractivity contribution < 1.29 is 4.92 Å². The number of hydrogen-bond acceptors (Lipinski definition) is 4. The molecule has 0 bridgehead atoms. The molecule has 2 rings (SSSR count). The van der Waals surface area contributed by atoms with Crippen LogP contribution in [0.5, 0.6) is 0 Å². The first-order valence-electron chi connectivity index (χ1n) is 5.95. The summed E-state index contributed by atoms with van der Waals surface area (Å²) in [5.41, 5.74) is 0.722. The van der Waals surface area contributed by atoms with Gasteiger partial charge >= 0.3 is 0 Å². The Hall–Kier alpha value is -1.65. The third kappa shape index (κ3) is 2.54. The number of nitrogens with one attached hydrogen (secondary N) is 1. The van der Waals surface area contributed by atoms with E-state index in [2.05, 4.69) is 17.2 Å². The minimum atomic E-state index is -0.401. The van der Waals surface area contributed by atoms with E-state index in [1.807, 2.05) is 0 Å². The average molecular weight is 235 g/mol.